The van der Waals surface area contributed by atoms with Crippen LogP contribution >= 0.6 is 22.9 Å². The Labute approximate surface area is 209 Å². The molecule has 0 saturated heterocycles. The van der Waals surface area contributed by atoms with Crippen molar-refractivity contribution in [3.63, 3.8) is 0 Å². The summed E-state index contributed by atoms with van der Waals surface area (Å²) in [5.41, 5.74) is 3.98. The Kier molecular flexibility index (Phi) is 6.87. The van der Waals surface area contributed by atoms with Gasteiger partial charge in [0, 0.05) is 17.6 Å². The molecule has 0 aliphatic heterocycles. The molecule has 2 amide bonds. The third-order valence-electron chi connectivity index (χ3n) is 6.67. The van der Waals surface area contributed by atoms with E-state index in [9.17, 15) is 9.59 Å². The highest BCUT2D eigenvalue weighted by Crippen LogP contribution is 2.44. The van der Waals surface area contributed by atoms with Gasteiger partial charge >= 0.3 is 0 Å². The van der Waals surface area contributed by atoms with Gasteiger partial charge in [-0.1, -0.05) is 51.4 Å². The van der Waals surface area contributed by atoms with Crippen LogP contribution in [-0.4, -0.2) is 21.6 Å². The molecule has 34 heavy (non-hydrogen) atoms. The van der Waals surface area contributed by atoms with Gasteiger partial charge in [-0.2, -0.15) is 5.10 Å². The molecule has 2 N–H and O–H groups in total. The van der Waals surface area contributed by atoms with E-state index in [-0.39, 0.29) is 27.9 Å². The minimum absolute atomic E-state index is 0.177. The first-order chi connectivity index (χ1) is 16.1. The minimum atomic E-state index is -0.377. The number of anilines is 2. The van der Waals surface area contributed by atoms with Gasteiger partial charge in [0.25, 0.3) is 11.8 Å². The summed E-state index contributed by atoms with van der Waals surface area (Å²) in [5.74, 6) is -0.0640. The summed E-state index contributed by atoms with van der Waals surface area (Å²) >= 11 is 7.69. The second kappa shape index (κ2) is 9.55. The second-order valence-corrected chi connectivity index (χ2v) is 11.4. The standard InChI is InChI=1S/C26H31ClN4O2S/c1-6-15-7-10-17(11-8-15)29-23(32)21-18-12-9-16(26(2,3)4)13-20(18)34-25(21)30-24(33)22-19(27)14-28-31(22)5/h7-8,10-11,14,16H,6,9,12-13H2,1-5H3,(H,29,32)(H,30,33). The smallest absolute Gasteiger partial charge is 0.276 e. The number of benzene rings is 1. The van der Waals surface area contributed by atoms with Crippen LogP contribution in [0, 0.1) is 11.3 Å². The first-order valence-corrected chi connectivity index (χ1v) is 12.8. The van der Waals surface area contributed by atoms with Crippen molar-refractivity contribution in [2.24, 2.45) is 18.4 Å². The first-order valence-electron chi connectivity index (χ1n) is 11.6. The maximum atomic E-state index is 13.5. The number of carbonyl (C=O) groups excluding carboxylic acids is 2. The zero-order valence-electron chi connectivity index (χ0n) is 20.3. The van der Waals surface area contributed by atoms with Crippen molar-refractivity contribution < 1.29 is 9.59 Å². The second-order valence-electron chi connectivity index (χ2n) is 9.94. The van der Waals surface area contributed by atoms with Crippen molar-refractivity contribution in [3.05, 3.63) is 62.7 Å². The maximum Gasteiger partial charge on any atom is 0.276 e. The van der Waals surface area contributed by atoms with Crippen LogP contribution in [0.4, 0.5) is 10.7 Å². The predicted molar refractivity (Wildman–Crippen MR) is 139 cm³/mol. The number of hydrogen-bond acceptors (Lipinski definition) is 4. The quantitative estimate of drug-likeness (QED) is 0.430. The largest absolute Gasteiger partial charge is 0.322 e. The highest BCUT2D eigenvalue weighted by Gasteiger charge is 2.34. The summed E-state index contributed by atoms with van der Waals surface area (Å²) in [4.78, 5) is 27.7. The lowest BCUT2D eigenvalue weighted by atomic mass is 9.72. The third kappa shape index (κ3) is 4.91. The summed E-state index contributed by atoms with van der Waals surface area (Å²) in [6, 6.07) is 7.86. The Balaban J connectivity index is 1.68. The molecule has 3 aromatic rings. The monoisotopic (exact) mass is 498 g/mol. The number of aromatic nitrogens is 2. The van der Waals surface area contributed by atoms with Crippen molar-refractivity contribution in [2.45, 2.75) is 53.4 Å². The van der Waals surface area contributed by atoms with E-state index in [1.807, 2.05) is 24.3 Å². The molecule has 180 valence electrons. The number of nitrogens with zero attached hydrogens (tertiary/aromatic N) is 2. The Morgan fingerprint density at radius 1 is 1.18 bits per heavy atom. The van der Waals surface area contributed by atoms with E-state index in [0.29, 0.717) is 16.5 Å². The van der Waals surface area contributed by atoms with Gasteiger partial charge in [-0.3, -0.25) is 14.3 Å². The van der Waals surface area contributed by atoms with Crippen LogP contribution in [-0.2, 0) is 26.3 Å². The Bertz CT molecular complexity index is 1200. The fourth-order valence-electron chi connectivity index (χ4n) is 4.50. The number of halogens is 1. The molecule has 0 fully saturated rings. The molecule has 2 heterocycles. The number of thiophene rings is 1. The topological polar surface area (TPSA) is 76.0 Å². The molecule has 0 radical (unpaired) electrons. The van der Waals surface area contributed by atoms with Gasteiger partial charge in [0.15, 0.2) is 0 Å². The average Bonchev–Trinajstić information content (AvgIpc) is 3.31. The lowest BCUT2D eigenvalue weighted by Gasteiger charge is -2.33. The number of fused-ring (bicyclic) bond motifs is 1. The van der Waals surface area contributed by atoms with Crippen LogP contribution in [0.5, 0.6) is 0 Å². The van der Waals surface area contributed by atoms with Gasteiger partial charge in [-0.15, -0.1) is 11.3 Å². The molecule has 8 heteroatoms. The number of rotatable bonds is 5. The van der Waals surface area contributed by atoms with Crippen LogP contribution in [0.2, 0.25) is 5.02 Å². The number of aryl methyl sites for hydroxylation is 2. The molecule has 0 saturated carbocycles. The normalized spacial score (nSPS) is 15.6. The summed E-state index contributed by atoms with van der Waals surface area (Å²) in [5, 5.41) is 10.9. The van der Waals surface area contributed by atoms with E-state index >= 15 is 0 Å². The van der Waals surface area contributed by atoms with Crippen LogP contribution in [0.25, 0.3) is 0 Å². The van der Waals surface area contributed by atoms with Crippen LogP contribution in [0.15, 0.2) is 30.5 Å². The molecule has 2 aromatic heterocycles. The maximum absolute atomic E-state index is 13.5. The van der Waals surface area contributed by atoms with E-state index < -0.39 is 0 Å². The van der Waals surface area contributed by atoms with E-state index in [0.717, 1.165) is 36.9 Å². The molecule has 4 rings (SSSR count). The fraction of sp³-hybridized carbons (Fsp3) is 0.423. The molecule has 1 unspecified atom stereocenters. The number of carbonyl (C=O) groups is 2. The molecule has 1 aromatic carbocycles. The molecule has 1 aliphatic carbocycles. The molecule has 6 nitrogen and oxygen atoms in total. The number of nitrogens with one attached hydrogen (secondary N) is 2. The zero-order chi connectivity index (χ0) is 24.6. The van der Waals surface area contributed by atoms with Crippen molar-refractivity contribution in [2.75, 3.05) is 10.6 Å². The van der Waals surface area contributed by atoms with Gasteiger partial charge in [0.05, 0.1) is 16.8 Å². The number of hydrogen-bond donors (Lipinski definition) is 2. The summed E-state index contributed by atoms with van der Waals surface area (Å²) in [6.45, 7) is 8.88. The first kappa shape index (κ1) is 24.5. The zero-order valence-corrected chi connectivity index (χ0v) is 21.9. The summed E-state index contributed by atoms with van der Waals surface area (Å²) < 4.78 is 1.44. The molecule has 1 aliphatic rings. The van der Waals surface area contributed by atoms with E-state index in [4.69, 9.17) is 11.6 Å². The average molecular weight is 499 g/mol. The van der Waals surface area contributed by atoms with E-state index in [2.05, 4.69) is 43.4 Å². The van der Waals surface area contributed by atoms with E-state index in [1.54, 1.807) is 7.05 Å². The van der Waals surface area contributed by atoms with E-state index in [1.165, 1.54) is 32.7 Å². The Morgan fingerprint density at radius 3 is 2.47 bits per heavy atom. The van der Waals surface area contributed by atoms with Gasteiger partial charge in [0.1, 0.15) is 10.7 Å². The lowest BCUT2D eigenvalue weighted by molar-refractivity contribution is 0.101. The molecular formula is C26H31ClN4O2S. The van der Waals surface area contributed by atoms with Gasteiger partial charge in [-0.05, 0) is 60.3 Å². The van der Waals surface area contributed by atoms with Gasteiger partial charge < -0.3 is 10.6 Å². The SMILES string of the molecule is CCc1ccc(NC(=O)c2c(NC(=O)c3c(Cl)cnn3C)sc3c2CCC(C(C)(C)C)C3)cc1. The van der Waals surface area contributed by atoms with Crippen molar-refractivity contribution in [3.8, 4) is 0 Å². The van der Waals surface area contributed by atoms with Crippen molar-refractivity contribution in [1.29, 1.82) is 0 Å². The summed E-state index contributed by atoms with van der Waals surface area (Å²) in [6.07, 6.45) is 5.11. The van der Waals surface area contributed by atoms with Crippen LogP contribution in [0.1, 0.15) is 71.0 Å². The predicted octanol–water partition coefficient (Wildman–Crippen LogP) is 6.35. The van der Waals surface area contributed by atoms with Gasteiger partial charge in [0.2, 0.25) is 0 Å². The highest BCUT2D eigenvalue weighted by atomic mass is 35.5. The Morgan fingerprint density at radius 2 is 1.88 bits per heavy atom. The minimum Gasteiger partial charge on any atom is -0.322 e. The van der Waals surface area contributed by atoms with Crippen LogP contribution in [0.3, 0.4) is 0 Å². The van der Waals surface area contributed by atoms with Crippen LogP contribution < -0.4 is 10.6 Å². The van der Waals surface area contributed by atoms with Crippen molar-refractivity contribution in [1.82, 2.24) is 9.78 Å². The molecule has 0 bridgehead atoms. The number of amides is 2. The summed E-state index contributed by atoms with van der Waals surface area (Å²) in [7, 11) is 1.67. The molecule has 0 spiro atoms. The lowest BCUT2D eigenvalue weighted by Crippen LogP contribution is -2.27. The molecular weight excluding hydrogens is 468 g/mol. The fourth-order valence-corrected chi connectivity index (χ4v) is 6.07. The van der Waals surface area contributed by atoms with Gasteiger partial charge in [-0.25, -0.2) is 0 Å². The van der Waals surface area contributed by atoms with Crippen molar-refractivity contribution >= 4 is 45.4 Å². The third-order valence-corrected chi connectivity index (χ3v) is 8.12. The molecule has 1 atom stereocenters. The Hall–Kier alpha value is -2.64. The highest BCUT2D eigenvalue weighted by molar-refractivity contribution is 7.17.